The lowest BCUT2D eigenvalue weighted by molar-refractivity contribution is 0.147. The summed E-state index contributed by atoms with van der Waals surface area (Å²) < 4.78 is 7.22. The highest BCUT2D eigenvalue weighted by atomic mass is 35.5. The van der Waals surface area contributed by atoms with Crippen LogP contribution in [0.3, 0.4) is 0 Å². The van der Waals surface area contributed by atoms with Gasteiger partial charge in [0.2, 0.25) is 0 Å². The topological polar surface area (TPSA) is 50.6 Å². The van der Waals surface area contributed by atoms with Gasteiger partial charge in [0.1, 0.15) is 5.75 Å². The molecule has 0 saturated carbocycles. The SMILES string of the molecule is CN1CCN(Cc2cc(-c3ccc4c(c3)CCO4)nn(Cc3ccccc3Cl)c2=O)CC1. The van der Waals surface area contributed by atoms with Gasteiger partial charge in [-0.05, 0) is 48.5 Å². The zero-order valence-corrected chi connectivity index (χ0v) is 19.0. The zero-order valence-electron chi connectivity index (χ0n) is 18.3. The van der Waals surface area contributed by atoms with Gasteiger partial charge in [-0.25, -0.2) is 4.68 Å². The lowest BCUT2D eigenvalue weighted by atomic mass is 10.0. The fourth-order valence-corrected chi connectivity index (χ4v) is 4.53. The molecule has 2 aliphatic rings. The number of hydrogen-bond acceptors (Lipinski definition) is 5. The largest absolute Gasteiger partial charge is 0.493 e. The standard InChI is InChI=1S/C25H27ClN4O2/c1-28-9-11-29(12-10-28)16-21-15-23(18-6-7-24-19(14-18)8-13-32-24)27-30(25(21)31)17-20-4-2-3-5-22(20)26/h2-7,14-15H,8-13,16-17H2,1H3. The summed E-state index contributed by atoms with van der Waals surface area (Å²) in [6.07, 6.45) is 0.899. The molecule has 0 aliphatic carbocycles. The molecule has 0 unspecified atom stereocenters. The number of nitrogens with zero attached hydrogens (tertiary/aromatic N) is 4. The highest BCUT2D eigenvalue weighted by Gasteiger charge is 2.19. The first-order chi connectivity index (χ1) is 15.6. The number of halogens is 1. The van der Waals surface area contributed by atoms with Crippen molar-refractivity contribution in [3.05, 3.63) is 80.6 Å². The first kappa shape index (κ1) is 21.2. The van der Waals surface area contributed by atoms with Crippen molar-refractivity contribution in [1.82, 2.24) is 19.6 Å². The number of benzene rings is 2. The lowest BCUT2D eigenvalue weighted by Gasteiger charge is -2.32. The van der Waals surface area contributed by atoms with E-state index in [0.29, 0.717) is 24.7 Å². The molecule has 3 heterocycles. The maximum absolute atomic E-state index is 13.4. The summed E-state index contributed by atoms with van der Waals surface area (Å²) in [4.78, 5) is 18.1. The molecule has 1 aromatic heterocycles. The van der Waals surface area contributed by atoms with Gasteiger partial charge < -0.3 is 9.64 Å². The first-order valence-electron chi connectivity index (χ1n) is 11.1. The zero-order chi connectivity index (χ0) is 22.1. The molecule has 0 N–H and O–H groups in total. The molecule has 0 radical (unpaired) electrons. The van der Waals surface area contributed by atoms with E-state index in [1.807, 2.05) is 42.5 Å². The van der Waals surface area contributed by atoms with Crippen LogP contribution in [0, 0.1) is 0 Å². The van der Waals surface area contributed by atoms with Gasteiger partial charge in [0, 0.05) is 55.3 Å². The predicted octanol–water partition coefficient (Wildman–Crippen LogP) is 3.29. The molecule has 1 fully saturated rings. The van der Waals surface area contributed by atoms with E-state index >= 15 is 0 Å². The van der Waals surface area contributed by atoms with Crippen molar-refractivity contribution < 1.29 is 4.74 Å². The average Bonchev–Trinajstić information content (AvgIpc) is 3.27. The van der Waals surface area contributed by atoms with E-state index in [9.17, 15) is 4.79 Å². The van der Waals surface area contributed by atoms with E-state index in [1.54, 1.807) is 4.68 Å². The van der Waals surface area contributed by atoms with Crippen molar-refractivity contribution in [2.45, 2.75) is 19.5 Å². The third kappa shape index (κ3) is 4.44. The Labute approximate surface area is 193 Å². The van der Waals surface area contributed by atoms with E-state index in [4.69, 9.17) is 21.4 Å². The molecule has 3 aromatic rings. The van der Waals surface area contributed by atoms with Crippen LogP contribution in [0.5, 0.6) is 5.75 Å². The average molecular weight is 451 g/mol. The molecule has 0 spiro atoms. The van der Waals surface area contributed by atoms with Crippen molar-refractivity contribution in [2.75, 3.05) is 39.8 Å². The second-order valence-corrected chi connectivity index (χ2v) is 9.02. The number of rotatable bonds is 5. The first-order valence-corrected chi connectivity index (χ1v) is 11.5. The van der Waals surface area contributed by atoms with Crippen LogP contribution in [-0.2, 0) is 19.5 Å². The molecule has 2 aliphatic heterocycles. The van der Waals surface area contributed by atoms with Crippen LogP contribution >= 0.6 is 11.6 Å². The Morgan fingerprint density at radius 2 is 1.81 bits per heavy atom. The Hall–Kier alpha value is -2.67. The summed E-state index contributed by atoms with van der Waals surface area (Å²) in [6, 6.07) is 15.7. The van der Waals surface area contributed by atoms with E-state index < -0.39 is 0 Å². The molecular formula is C25H27ClN4O2. The second kappa shape index (κ2) is 9.06. The quantitative estimate of drug-likeness (QED) is 0.597. The highest BCUT2D eigenvalue weighted by Crippen LogP contribution is 2.30. The van der Waals surface area contributed by atoms with Crippen LogP contribution in [0.25, 0.3) is 11.3 Å². The van der Waals surface area contributed by atoms with Gasteiger partial charge in [0.25, 0.3) is 5.56 Å². The molecule has 5 rings (SSSR count). The van der Waals surface area contributed by atoms with E-state index in [2.05, 4.69) is 22.9 Å². The Morgan fingerprint density at radius 1 is 1.00 bits per heavy atom. The summed E-state index contributed by atoms with van der Waals surface area (Å²) in [5.41, 5.74) is 4.58. The summed E-state index contributed by atoms with van der Waals surface area (Å²) >= 11 is 6.39. The molecule has 6 nitrogen and oxygen atoms in total. The maximum Gasteiger partial charge on any atom is 0.271 e. The van der Waals surface area contributed by atoms with Crippen molar-refractivity contribution in [3.63, 3.8) is 0 Å². The molecule has 0 amide bonds. The minimum absolute atomic E-state index is 0.0582. The number of fused-ring (bicyclic) bond motifs is 1. The summed E-state index contributed by atoms with van der Waals surface area (Å²) in [5, 5.41) is 5.39. The lowest BCUT2D eigenvalue weighted by Crippen LogP contribution is -2.45. The fraction of sp³-hybridized carbons (Fsp3) is 0.360. The van der Waals surface area contributed by atoms with Crippen molar-refractivity contribution in [2.24, 2.45) is 0 Å². The van der Waals surface area contributed by atoms with Crippen LogP contribution in [0.4, 0.5) is 0 Å². The maximum atomic E-state index is 13.4. The predicted molar refractivity (Wildman–Crippen MR) is 126 cm³/mol. The van der Waals surface area contributed by atoms with E-state index in [1.165, 1.54) is 5.56 Å². The molecule has 1 saturated heterocycles. The smallest absolute Gasteiger partial charge is 0.271 e. The van der Waals surface area contributed by atoms with Crippen LogP contribution in [0.15, 0.2) is 53.3 Å². The van der Waals surface area contributed by atoms with E-state index in [-0.39, 0.29) is 5.56 Å². The molecule has 0 atom stereocenters. The van der Waals surface area contributed by atoms with Gasteiger partial charge >= 0.3 is 0 Å². The van der Waals surface area contributed by atoms with E-state index in [0.717, 1.165) is 60.7 Å². The fourth-order valence-electron chi connectivity index (χ4n) is 4.34. The molecular weight excluding hydrogens is 424 g/mol. The van der Waals surface area contributed by atoms with Gasteiger partial charge in [-0.15, -0.1) is 0 Å². The Kier molecular flexibility index (Phi) is 6.00. The molecule has 2 aromatic carbocycles. The second-order valence-electron chi connectivity index (χ2n) is 8.61. The Bertz CT molecular complexity index is 1180. The third-order valence-electron chi connectivity index (χ3n) is 6.30. The summed E-state index contributed by atoms with van der Waals surface area (Å²) in [5.74, 6) is 0.941. The molecule has 7 heteroatoms. The highest BCUT2D eigenvalue weighted by molar-refractivity contribution is 6.31. The molecule has 32 heavy (non-hydrogen) atoms. The Morgan fingerprint density at radius 3 is 2.62 bits per heavy atom. The third-order valence-corrected chi connectivity index (χ3v) is 6.67. The number of piperazine rings is 1. The minimum atomic E-state index is -0.0582. The van der Waals surface area contributed by atoms with Crippen LogP contribution in [-0.4, -0.2) is 59.4 Å². The van der Waals surface area contributed by atoms with Crippen LogP contribution < -0.4 is 10.3 Å². The monoisotopic (exact) mass is 450 g/mol. The minimum Gasteiger partial charge on any atom is -0.493 e. The number of likely N-dealkylation sites (N-methyl/N-ethyl adjacent to an activating group) is 1. The van der Waals surface area contributed by atoms with Crippen LogP contribution in [0.2, 0.25) is 5.02 Å². The molecule has 0 bridgehead atoms. The summed E-state index contributed by atoms with van der Waals surface area (Å²) in [6.45, 7) is 5.61. The summed E-state index contributed by atoms with van der Waals surface area (Å²) in [7, 11) is 2.13. The van der Waals surface area contributed by atoms with Crippen LogP contribution in [0.1, 0.15) is 16.7 Å². The van der Waals surface area contributed by atoms with Gasteiger partial charge in [0.05, 0.1) is 18.8 Å². The van der Waals surface area contributed by atoms with Crippen molar-refractivity contribution in [3.8, 4) is 17.0 Å². The van der Waals surface area contributed by atoms with Gasteiger partial charge in [-0.1, -0.05) is 29.8 Å². The number of aromatic nitrogens is 2. The van der Waals surface area contributed by atoms with Crippen molar-refractivity contribution in [1.29, 1.82) is 0 Å². The van der Waals surface area contributed by atoms with Gasteiger partial charge in [-0.2, -0.15) is 5.10 Å². The van der Waals surface area contributed by atoms with Gasteiger partial charge in [-0.3, -0.25) is 9.69 Å². The van der Waals surface area contributed by atoms with Gasteiger partial charge in [0.15, 0.2) is 0 Å². The van der Waals surface area contributed by atoms with Crippen molar-refractivity contribution >= 4 is 11.6 Å². The normalized spacial score (nSPS) is 16.7. The molecule has 166 valence electrons. The number of ether oxygens (including phenoxy) is 1. The number of hydrogen-bond donors (Lipinski definition) is 0. The Balaban J connectivity index is 1.53.